The molecule has 1 spiro atoms. The number of nitrogens with one attached hydrogen (secondary N) is 4. The normalized spacial score (nSPS) is 17.2. The van der Waals surface area contributed by atoms with Crippen molar-refractivity contribution in [3.63, 3.8) is 0 Å². The Balaban J connectivity index is 1.73. The number of imide groups is 1. The Morgan fingerprint density at radius 1 is 1.24 bits per heavy atom. The number of aldehydes is 1. The van der Waals surface area contributed by atoms with Crippen molar-refractivity contribution in [2.45, 2.75) is 32.2 Å². The summed E-state index contributed by atoms with van der Waals surface area (Å²) < 4.78 is 13.4. The maximum atomic E-state index is 13.4. The van der Waals surface area contributed by atoms with Crippen molar-refractivity contribution < 1.29 is 18.8 Å². The van der Waals surface area contributed by atoms with Gasteiger partial charge in [-0.2, -0.15) is 0 Å². The van der Waals surface area contributed by atoms with Gasteiger partial charge in [-0.3, -0.25) is 14.9 Å². The fourth-order valence-corrected chi connectivity index (χ4v) is 4.18. The molecule has 172 valence electrons. The molecule has 2 aliphatic heterocycles. The number of piperidine rings is 1. The van der Waals surface area contributed by atoms with Crippen molar-refractivity contribution in [2.75, 3.05) is 23.3 Å². The number of carbonyl (C=O) groups is 3. The summed E-state index contributed by atoms with van der Waals surface area (Å²) in [6.07, 6.45) is 1.41. The van der Waals surface area contributed by atoms with Gasteiger partial charge in [0.15, 0.2) is 6.29 Å². The largest absolute Gasteiger partial charge is 0.371 e. The number of anilines is 3. The topological polar surface area (TPSA) is 127 Å². The predicted molar refractivity (Wildman–Crippen MR) is 122 cm³/mol. The van der Waals surface area contributed by atoms with E-state index in [4.69, 9.17) is 5.41 Å². The van der Waals surface area contributed by atoms with Gasteiger partial charge in [0.25, 0.3) is 5.91 Å². The zero-order valence-electron chi connectivity index (χ0n) is 18.4. The van der Waals surface area contributed by atoms with Gasteiger partial charge in [-0.25, -0.2) is 14.2 Å². The Morgan fingerprint density at radius 2 is 1.91 bits per heavy atom. The average Bonchev–Trinajstić information content (AvgIpc) is 3.07. The van der Waals surface area contributed by atoms with Crippen LogP contribution >= 0.6 is 0 Å². The van der Waals surface area contributed by atoms with Crippen LogP contribution in [0.5, 0.6) is 0 Å². The number of pyridine rings is 1. The summed E-state index contributed by atoms with van der Waals surface area (Å²) in [5.41, 5.74) is 1.33. The molecule has 0 radical (unpaired) electrons. The molecule has 0 aliphatic carbocycles. The number of amides is 3. The summed E-state index contributed by atoms with van der Waals surface area (Å²) in [6.45, 7) is 4.66. The highest BCUT2D eigenvalue weighted by molar-refractivity contribution is 6.10. The predicted octanol–water partition coefficient (Wildman–Crippen LogP) is 2.98. The lowest BCUT2D eigenvalue weighted by atomic mass is 9.87. The highest BCUT2D eigenvalue weighted by Gasteiger charge is 2.48. The molecule has 1 aromatic heterocycles. The molecular weight excluding hydrogens is 427 g/mol. The van der Waals surface area contributed by atoms with Crippen molar-refractivity contribution in [3.05, 3.63) is 47.4 Å². The Hall–Kier alpha value is -3.82. The number of benzene rings is 1. The number of carbonyl (C=O) groups excluding carboxylic acids is 3. The molecule has 2 aliphatic rings. The Labute approximate surface area is 190 Å². The van der Waals surface area contributed by atoms with Crippen molar-refractivity contribution in [2.24, 2.45) is 5.92 Å². The highest BCUT2D eigenvalue weighted by Crippen LogP contribution is 2.35. The second-order valence-electron chi connectivity index (χ2n) is 8.59. The molecule has 0 bridgehead atoms. The second-order valence-corrected chi connectivity index (χ2v) is 8.59. The molecule has 10 heteroatoms. The van der Waals surface area contributed by atoms with Crippen LogP contribution in [0, 0.1) is 17.1 Å². The number of rotatable bonds is 6. The summed E-state index contributed by atoms with van der Waals surface area (Å²) in [7, 11) is 0. The third-order valence-electron chi connectivity index (χ3n) is 6.07. The fourth-order valence-electron chi connectivity index (χ4n) is 4.18. The van der Waals surface area contributed by atoms with Gasteiger partial charge in [0.1, 0.15) is 22.9 Å². The SMILES string of the molecule is CC(C)C(=N)c1c(N2CCC3(CC2)NC(=O)NC3=O)cc(C=O)nc1Nc1ccc(F)cc1. The molecule has 1 aromatic carbocycles. The molecule has 3 amide bonds. The maximum absolute atomic E-state index is 13.4. The van der Waals surface area contributed by atoms with Crippen molar-refractivity contribution in [3.8, 4) is 0 Å². The fraction of sp³-hybridized carbons (Fsp3) is 0.348. The number of hydrogen-bond acceptors (Lipinski definition) is 7. The molecule has 9 nitrogen and oxygen atoms in total. The summed E-state index contributed by atoms with van der Waals surface area (Å²) in [4.78, 5) is 42.0. The summed E-state index contributed by atoms with van der Waals surface area (Å²) in [5.74, 6) is -0.509. The van der Waals surface area contributed by atoms with Crippen LogP contribution in [0.4, 0.5) is 26.4 Å². The van der Waals surface area contributed by atoms with Gasteiger partial charge in [0.05, 0.1) is 11.3 Å². The lowest BCUT2D eigenvalue weighted by Crippen LogP contribution is -2.55. The van der Waals surface area contributed by atoms with E-state index in [0.717, 1.165) is 0 Å². The lowest BCUT2D eigenvalue weighted by molar-refractivity contribution is -0.124. The Kier molecular flexibility index (Phi) is 5.84. The second kappa shape index (κ2) is 8.61. The van der Waals surface area contributed by atoms with Crippen molar-refractivity contribution in [1.29, 1.82) is 5.41 Å². The van der Waals surface area contributed by atoms with Gasteiger partial charge >= 0.3 is 6.03 Å². The van der Waals surface area contributed by atoms with Gasteiger partial charge in [-0.05, 0) is 49.1 Å². The molecular formula is C23H25FN6O3. The molecule has 0 saturated carbocycles. The summed E-state index contributed by atoms with van der Waals surface area (Å²) in [6, 6.07) is 6.88. The third-order valence-corrected chi connectivity index (χ3v) is 6.07. The maximum Gasteiger partial charge on any atom is 0.322 e. The van der Waals surface area contributed by atoms with Crippen LogP contribution in [0.25, 0.3) is 0 Å². The van der Waals surface area contributed by atoms with E-state index < -0.39 is 11.6 Å². The molecule has 2 saturated heterocycles. The standard InChI is InChI=1S/C23H25FN6O3/c1-13(2)19(25)18-17(30-9-7-23(8-10-30)21(32)28-22(33)29-23)11-16(12-31)27-20(18)26-15-5-3-14(24)4-6-15/h3-6,11-13,25H,7-10H2,1-2H3,(H,26,27)(H2,28,29,32,33). The smallest absolute Gasteiger partial charge is 0.322 e. The lowest BCUT2D eigenvalue weighted by Gasteiger charge is -2.39. The van der Waals surface area contributed by atoms with Crippen LogP contribution in [0.15, 0.2) is 30.3 Å². The minimum atomic E-state index is -0.936. The summed E-state index contributed by atoms with van der Waals surface area (Å²) in [5, 5.41) is 16.9. The van der Waals surface area contributed by atoms with Crippen LogP contribution in [0.2, 0.25) is 0 Å². The number of nitrogens with zero attached hydrogens (tertiary/aromatic N) is 2. The van der Waals surface area contributed by atoms with Gasteiger partial charge in [0, 0.05) is 24.5 Å². The highest BCUT2D eigenvalue weighted by atomic mass is 19.1. The van der Waals surface area contributed by atoms with E-state index >= 15 is 0 Å². The number of hydrogen-bond donors (Lipinski definition) is 4. The Morgan fingerprint density at radius 3 is 2.45 bits per heavy atom. The quantitative estimate of drug-likeness (QED) is 0.303. The van der Waals surface area contributed by atoms with E-state index in [9.17, 15) is 18.8 Å². The van der Waals surface area contributed by atoms with E-state index in [1.54, 1.807) is 18.2 Å². The van der Waals surface area contributed by atoms with Crippen LogP contribution < -0.4 is 20.9 Å². The molecule has 33 heavy (non-hydrogen) atoms. The first-order valence-corrected chi connectivity index (χ1v) is 10.7. The molecule has 4 N–H and O–H groups in total. The van der Waals surface area contributed by atoms with E-state index in [1.165, 1.54) is 12.1 Å². The average molecular weight is 452 g/mol. The minimum Gasteiger partial charge on any atom is -0.371 e. The first kappa shape index (κ1) is 22.4. The van der Waals surface area contributed by atoms with Crippen molar-refractivity contribution >= 4 is 41.1 Å². The number of halogens is 1. The molecule has 4 rings (SSSR count). The van der Waals surface area contributed by atoms with E-state index in [2.05, 4.69) is 20.9 Å². The molecule has 0 atom stereocenters. The van der Waals surface area contributed by atoms with Gasteiger partial charge in [0.2, 0.25) is 0 Å². The molecule has 3 heterocycles. The van der Waals surface area contributed by atoms with Crippen LogP contribution in [0.3, 0.4) is 0 Å². The van der Waals surface area contributed by atoms with Crippen LogP contribution in [0.1, 0.15) is 42.7 Å². The van der Waals surface area contributed by atoms with E-state index in [0.29, 0.717) is 60.7 Å². The van der Waals surface area contributed by atoms with Crippen molar-refractivity contribution in [1.82, 2.24) is 15.6 Å². The molecule has 2 fully saturated rings. The first-order valence-electron chi connectivity index (χ1n) is 10.7. The van der Waals surface area contributed by atoms with Gasteiger partial charge in [-0.15, -0.1) is 0 Å². The zero-order valence-corrected chi connectivity index (χ0v) is 18.4. The minimum absolute atomic E-state index is 0.127. The number of aromatic nitrogens is 1. The Bertz CT molecular complexity index is 1120. The van der Waals surface area contributed by atoms with Crippen LogP contribution in [-0.2, 0) is 4.79 Å². The number of urea groups is 1. The van der Waals surface area contributed by atoms with Gasteiger partial charge in [-0.1, -0.05) is 13.8 Å². The monoisotopic (exact) mass is 452 g/mol. The first-order chi connectivity index (χ1) is 15.7. The molecule has 2 aromatic rings. The van der Waals surface area contributed by atoms with E-state index in [-0.39, 0.29) is 23.3 Å². The zero-order chi connectivity index (χ0) is 23.8. The summed E-state index contributed by atoms with van der Waals surface area (Å²) >= 11 is 0. The third kappa shape index (κ3) is 4.28. The van der Waals surface area contributed by atoms with Gasteiger partial charge < -0.3 is 20.9 Å². The van der Waals surface area contributed by atoms with E-state index in [1.807, 2.05) is 18.7 Å². The van der Waals surface area contributed by atoms with Crippen LogP contribution in [-0.4, -0.2) is 47.5 Å². The molecule has 0 unspecified atom stereocenters.